The van der Waals surface area contributed by atoms with Crippen LogP contribution in [-0.2, 0) is 6.42 Å². The molecule has 0 fully saturated rings. The summed E-state index contributed by atoms with van der Waals surface area (Å²) >= 11 is 0. The van der Waals surface area contributed by atoms with Gasteiger partial charge >= 0.3 is 0 Å². The second kappa shape index (κ2) is 23.9. The van der Waals surface area contributed by atoms with Crippen LogP contribution in [-0.4, -0.2) is 4.98 Å². The zero-order chi connectivity index (χ0) is 46.1. The summed E-state index contributed by atoms with van der Waals surface area (Å²) in [5.74, 6) is 0.556. The smallest absolute Gasteiger partial charge is 0.0445 e. The number of allylic oxidation sites excluding steroid dienone is 23. The van der Waals surface area contributed by atoms with Gasteiger partial charge in [0, 0.05) is 11.9 Å². The van der Waals surface area contributed by atoms with Crippen molar-refractivity contribution >= 4 is 22.8 Å². The summed E-state index contributed by atoms with van der Waals surface area (Å²) in [5.41, 5.74) is 21.3. The predicted molar refractivity (Wildman–Crippen MR) is 287 cm³/mol. The number of hydrogen-bond donors (Lipinski definition) is 0. The second-order valence-corrected chi connectivity index (χ2v) is 16.7. The number of nitrogens with zero attached hydrogens (tertiary/aromatic N) is 1. The summed E-state index contributed by atoms with van der Waals surface area (Å²) in [6.07, 6.45) is 47.2. The van der Waals surface area contributed by atoms with Crippen LogP contribution in [0.25, 0.3) is 33.9 Å². The van der Waals surface area contributed by atoms with Gasteiger partial charge in [-0.25, -0.2) is 0 Å². The first kappa shape index (κ1) is 47.9. The molecule has 0 saturated carbocycles. The Kier molecular flexibility index (Phi) is 17.6. The number of hydrogen-bond acceptors (Lipinski definition) is 1. The van der Waals surface area contributed by atoms with Gasteiger partial charge in [0.1, 0.15) is 0 Å². The first-order valence-electron chi connectivity index (χ1n) is 24.0. The van der Waals surface area contributed by atoms with E-state index in [0.717, 1.165) is 54.5 Å². The monoisotopic (exact) mass is 852 g/mol. The van der Waals surface area contributed by atoms with Crippen molar-refractivity contribution < 1.29 is 0 Å². The molecule has 4 aromatic rings. The molecule has 0 amide bonds. The SMILES string of the molecule is C=C(/C=C\C)/C=C\c1cc(C2=CC(c3cc(/C4=C/CCc5ccccc5-c5cccc4c5)cc(C(C)/C=C\C4=C5\C(=CC=CC5C)C/C=C\C=C/C4)c3)=CC=CC2)cnc1C.CC.CC. The van der Waals surface area contributed by atoms with Crippen LogP contribution in [0.4, 0.5) is 0 Å². The average molecular weight is 852 g/mol. The third kappa shape index (κ3) is 12.2. The molecule has 4 aliphatic rings. The summed E-state index contributed by atoms with van der Waals surface area (Å²) in [6, 6.07) is 27.6. The van der Waals surface area contributed by atoms with Crippen molar-refractivity contribution in [2.24, 2.45) is 5.92 Å². The molecule has 1 heterocycles. The predicted octanol–water partition coefficient (Wildman–Crippen LogP) is 18.1. The molecule has 4 aliphatic carbocycles. The van der Waals surface area contributed by atoms with E-state index in [-0.39, 0.29) is 5.92 Å². The van der Waals surface area contributed by atoms with Crippen molar-refractivity contribution in [1.29, 1.82) is 0 Å². The van der Waals surface area contributed by atoms with E-state index >= 15 is 0 Å². The van der Waals surface area contributed by atoms with E-state index in [4.69, 9.17) is 4.98 Å². The summed E-state index contributed by atoms with van der Waals surface area (Å²) in [5, 5.41) is 0. The Morgan fingerprint density at radius 2 is 1.48 bits per heavy atom. The van der Waals surface area contributed by atoms with Gasteiger partial charge in [0.2, 0.25) is 0 Å². The molecule has 2 unspecified atom stereocenters. The zero-order valence-electron chi connectivity index (χ0n) is 40.2. The molecule has 1 heteroatoms. The quantitative estimate of drug-likeness (QED) is 0.153. The molecule has 0 radical (unpaired) electrons. The Morgan fingerprint density at radius 1 is 0.738 bits per heavy atom. The van der Waals surface area contributed by atoms with Gasteiger partial charge in [0.25, 0.3) is 0 Å². The fourth-order valence-electron chi connectivity index (χ4n) is 8.97. The molecule has 3 aromatic carbocycles. The Balaban J connectivity index is 0.00000170. The van der Waals surface area contributed by atoms with Crippen molar-refractivity contribution in [2.45, 2.75) is 93.4 Å². The van der Waals surface area contributed by atoms with E-state index in [9.17, 15) is 0 Å². The Bertz CT molecular complexity index is 2720. The van der Waals surface area contributed by atoms with Crippen LogP contribution < -0.4 is 0 Å². The highest BCUT2D eigenvalue weighted by Gasteiger charge is 2.19. The lowest BCUT2D eigenvalue weighted by Gasteiger charge is -2.22. The summed E-state index contributed by atoms with van der Waals surface area (Å²) in [6.45, 7) is 20.9. The van der Waals surface area contributed by atoms with Crippen LogP contribution in [0.5, 0.6) is 0 Å². The van der Waals surface area contributed by atoms with E-state index in [0.29, 0.717) is 5.92 Å². The van der Waals surface area contributed by atoms with Crippen molar-refractivity contribution in [3.63, 3.8) is 0 Å². The van der Waals surface area contributed by atoms with E-state index in [2.05, 4.69) is 197 Å². The summed E-state index contributed by atoms with van der Waals surface area (Å²) < 4.78 is 0. The van der Waals surface area contributed by atoms with Crippen molar-refractivity contribution in [3.8, 4) is 11.1 Å². The topological polar surface area (TPSA) is 12.9 Å². The lowest BCUT2D eigenvalue weighted by molar-refractivity contribution is 0.833. The Labute approximate surface area is 392 Å². The van der Waals surface area contributed by atoms with Crippen molar-refractivity contribution in [3.05, 3.63) is 256 Å². The van der Waals surface area contributed by atoms with Crippen LogP contribution in [0.2, 0.25) is 0 Å². The highest BCUT2D eigenvalue weighted by Crippen LogP contribution is 2.38. The minimum absolute atomic E-state index is 0.175. The minimum Gasteiger partial charge on any atom is -0.260 e. The first-order valence-corrected chi connectivity index (χ1v) is 24.0. The van der Waals surface area contributed by atoms with E-state index < -0.39 is 0 Å². The van der Waals surface area contributed by atoms with Gasteiger partial charge in [-0.1, -0.05) is 212 Å². The van der Waals surface area contributed by atoms with Gasteiger partial charge in [-0.3, -0.25) is 4.98 Å². The standard InChI is InChI=1S/C60H57N.2C2H6/c1-6-18-42(2)31-33-49-35-57(41-61-45(49)5)51-24-12-11-23-50(36-51)55-38-54(43(3)32-34-48-22-10-8-7-9-21-47-26-15-19-44(4)60(47)48)39-56(40-55)59-30-17-25-46-20-13-14-29-58(46)52-27-16-28-53(59)37-52;2*1-2/h6-16,18-20,23,26-41,43-44H,2,17,21-22,24-25H2,1,3-5H3;2*1-2H3/b9-7-,10-8-,18-6-,33-31-,34-32-,59-30+,60-48+;;. The lowest BCUT2D eigenvalue weighted by Crippen LogP contribution is -2.06. The molecule has 0 aliphatic heterocycles. The maximum atomic E-state index is 4.86. The fourth-order valence-corrected chi connectivity index (χ4v) is 8.97. The van der Waals surface area contributed by atoms with E-state index in [1.54, 1.807) is 0 Å². The van der Waals surface area contributed by atoms with Crippen LogP contribution in [0.1, 0.15) is 125 Å². The van der Waals surface area contributed by atoms with E-state index in [1.807, 2.05) is 53.0 Å². The number of fused-ring (bicyclic) bond motifs is 5. The summed E-state index contributed by atoms with van der Waals surface area (Å²) in [4.78, 5) is 4.86. The van der Waals surface area contributed by atoms with Crippen LogP contribution >= 0.6 is 0 Å². The Morgan fingerprint density at radius 3 is 2.31 bits per heavy atom. The van der Waals surface area contributed by atoms with Crippen molar-refractivity contribution in [2.75, 3.05) is 0 Å². The molecule has 0 saturated heterocycles. The highest BCUT2D eigenvalue weighted by molar-refractivity contribution is 5.90. The van der Waals surface area contributed by atoms with Crippen molar-refractivity contribution in [1.82, 2.24) is 4.98 Å². The molecule has 0 spiro atoms. The summed E-state index contributed by atoms with van der Waals surface area (Å²) in [7, 11) is 0. The van der Waals surface area contributed by atoms with Crippen LogP contribution in [0, 0.1) is 12.8 Å². The number of aromatic nitrogens is 1. The number of pyridine rings is 1. The fraction of sp³-hybridized carbons (Fsp3) is 0.234. The van der Waals surface area contributed by atoms with Gasteiger partial charge in [-0.05, 0) is 165 Å². The highest BCUT2D eigenvalue weighted by atomic mass is 14.7. The molecular formula is C64H69N. The van der Waals surface area contributed by atoms with E-state index in [1.165, 1.54) is 72.4 Å². The molecule has 8 rings (SSSR count). The molecule has 1 aromatic heterocycles. The van der Waals surface area contributed by atoms with Gasteiger partial charge < -0.3 is 0 Å². The largest absolute Gasteiger partial charge is 0.260 e. The van der Waals surface area contributed by atoms with Crippen LogP contribution in [0.15, 0.2) is 211 Å². The number of rotatable bonds is 9. The molecule has 2 atom stereocenters. The zero-order valence-corrected chi connectivity index (χ0v) is 40.2. The molecule has 0 N–H and O–H groups in total. The average Bonchev–Trinajstić information content (AvgIpc) is 3.51. The molecule has 1 nitrogen and oxygen atoms in total. The normalized spacial score (nSPS) is 20.2. The van der Waals surface area contributed by atoms with Gasteiger partial charge in [-0.2, -0.15) is 0 Å². The van der Waals surface area contributed by atoms with Gasteiger partial charge in [0.05, 0.1) is 0 Å². The maximum Gasteiger partial charge on any atom is 0.0445 e. The molecule has 2 bridgehead atoms. The molecule has 330 valence electrons. The third-order valence-electron chi connectivity index (χ3n) is 12.3. The third-order valence-corrected chi connectivity index (χ3v) is 12.3. The minimum atomic E-state index is 0.175. The number of benzene rings is 3. The molecule has 65 heavy (non-hydrogen) atoms. The van der Waals surface area contributed by atoms with Gasteiger partial charge in [-0.15, -0.1) is 0 Å². The second-order valence-electron chi connectivity index (χ2n) is 16.7. The lowest BCUT2D eigenvalue weighted by atomic mass is 9.82. The van der Waals surface area contributed by atoms with Crippen LogP contribution in [0.3, 0.4) is 0 Å². The number of aryl methyl sites for hydroxylation is 2. The van der Waals surface area contributed by atoms with Gasteiger partial charge in [0.15, 0.2) is 0 Å². The maximum absolute atomic E-state index is 4.86. The molecular weight excluding hydrogens is 783 g/mol. The Hall–Kier alpha value is -6.57. The first-order chi connectivity index (χ1) is 31.8.